The van der Waals surface area contributed by atoms with Gasteiger partial charge in [-0.3, -0.25) is 4.79 Å². The van der Waals surface area contributed by atoms with Crippen LogP contribution >= 0.6 is 0 Å². The molecule has 0 fully saturated rings. The highest BCUT2D eigenvalue weighted by Gasteiger charge is 2.17. The van der Waals surface area contributed by atoms with E-state index in [0.29, 0.717) is 13.0 Å². The maximum absolute atomic E-state index is 11.0. The molecule has 0 radical (unpaired) electrons. The summed E-state index contributed by atoms with van der Waals surface area (Å²) in [7, 11) is 1.91. The number of nitrogens with zero attached hydrogens (tertiary/aromatic N) is 1. The molecule has 0 aliphatic carbocycles. The Bertz CT molecular complexity index is 400. The van der Waals surface area contributed by atoms with Crippen molar-refractivity contribution >= 4 is 11.7 Å². The topological polar surface area (TPSA) is 49.8 Å². The molecule has 0 aliphatic heterocycles. The lowest BCUT2D eigenvalue weighted by atomic mass is 10.1. The molecule has 106 valence electrons. The highest BCUT2D eigenvalue weighted by atomic mass is 16.5. The second-order valence-corrected chi connectivity index (χ2v) is 4.98. The predicted octanol–water partition coefficient (Wildman–Crippen LogP) is 3.02. The molecule has 1 N–H and O–H groups in total. The van der Waals surface area contributed by atoms with Crippen molar-refractivity contribution in [1.29, 1.82) is 0 Å². The van der Waals surface area contributed by atoms with Gasteiger partial charge in [0.1, 0.15) is 5.75 Å². The van der Waals surface area contributed by atoms with Gasteiger partial charge >= 0.3 is 5.97 Å². The summed E-state index contributed by atoms with van der Waals surface area (Å²) in [6.07, 6.45) is 0.786. The largest absolute Gasteiger partial charge is 0.491 e. The number of hydrogen-bond donors (Lipinski definition) is 1. The molecule has 0 saturated heterocycles. The monoisotopic (exact) mass is 265 g/mol. The molecule has 0 aliphatic rings. The summed E-state index contributed by atoms with van der Waals surface area (Å²) in [5.41, 5.74) is 0.996. The molecule has 0 heterocycles. The Morgan fingerprint density at radius 3 is 2.32 bits per heavy atom. The third-order valence-electron chi connectivity index (χ3n) is 2.99. The zero-order chi connectivity index (χ0) is 14.4. The molecule has 4 heteroatoms. The van der Waals surface area contributed by atoms with E-state index in [2.05, 4.69) is 0 Å². The summed E-state index contributed by atoms with van der Waals surface area (Å²) in [5.74, 6) is -0.247. The van der Waals surface area contributed by atoms with Crippen LogP contribution in [0.1, 0.15) is 27.2 Å². The number of hydrogen-bond acceptors (Lipinski definition) is 3. The molecule has 1 unspecified atom stereocenters. The van der Waals surface area contributed by atoms with Crippen LogP contribution in [0.2, 0.25) is 0 Å². The van der Waals surface area contributed by atoms with Gasteiger partial charge in [0.15, 0.2) is 0 Å². The predicted molar refractivity (Wildman–Crippen MR) is 76.9 cm³/mol. The lowest BCUT2D eigenvalue weighted by molar-refractivity contribution is -0.141. The first-order valence-electron chi connectivity index (χ1n) is 6.64. The zero-order valence-electron chi connectivity index (χ0n) is 12.1. The summed E-state index contributed by atoms with van der Waals surface area (Å²) in [6, 6.07) is 7.72. The number of rotatable bonds is 7. The van der Waals surface area contributed by atoms with Gasteiger partial charge in [0.05, 0.1) is 12.0 Å². The van der Waals surface area contributed by atoms with E-state index in [0.717, 1.165) is 11.4 Å². The van der Waals surface area contributed by atoms with Crippen LogP contribution in [0.15, 0.2) is 24.3 Å². The van der Waals surface area contributed by atoms with Crippen molar-refractivity contribution in [2.45, 2.75) is 33.3 Å². The van der Waals surface area contributed by atoms with Crippen molar-refractivity contribution in [3.05, 3.63) is 24.3 Å². The first kappa shape index (κ1) is 15.3. The number of ether oxygens (including phenoxy) is 1. The number of benzene rings is 1. The van der Waals surface area contributed by atoms with Crippen LogP contribution in [0.4, 0.5) is 5.69 Å². The van der Waals surface area contributed by atoms with Gasteiger partial charge < -0.3 is 14.7 Å². The Hall–Kier alpha value is -1.71. The Morgan fingerprint density at radius 1 is 1.32 bits per heavy atom. The Labute approximate surface area is 115 Å². The van der Waals surface area contributed by atoms with E-state index in [4.69, 9.17) is 9.84 Å². The second-order valence-electron chi connectivity index (χ2n) is 4.98. The highest BCUT2D eigenvalue weighted by Crippen LogP contribution is 2.20. The number of carboxylic acid groups (broad SMARTS) is 1. The van der Waals surface area contributed by atoms with Gasteiger partial charge in [-0.25, -0.2) is 0 Å². The van der Waals surface area contributed by atoms with Gasteiger partial charge in [-0.15, -0.1) is 0 Å². The minimum atomic E-state index is -0.742. The maximum Gasteiger partial charge on any atom is 0.308 e. The molecule has 0 spiro atoms. The number of carbonyl (C=O) groups is 1. The fourth-order valence-corrected chi connectivity index (χ4v) is 1.87. The van der Waals surface area contributed by atoms with Gasteiger partial charge in [0.2, 0.25) is 0 Å². The molecule has 0 saturated carbocycles. The number of aliphatic carboxylic acids is 1. The van der Waals surface area contributed by atoms with Gasteiger partial charge in [-0.05, 0) is 44.5 Å². The molecule has 1 rings (SSSR count). The highest BCUT2D eigenvalue weighted by molar-refractivity contribution is 5.71. The van der Waals surface area contributed by atoms with E-state index >= 15 is 0 Å². The van der Waals surface area contributed by atoms with Crippen molar-refractivity contribution < 1.29 is 14.6 Å². The van der Waals surface area contributed by atoms with Gasteiger partial charge in [0, 0.05) is 19.3 Å². The van der Waals surface area contributed by atoms with Gasteiger partial charge in [0.25, 0.3) is 0 Å². The Kier molecular flexibility index (Phi) is 5.67. The Morgan fingerprint density at radius 2 is 1.89 bits per heavy atom. The van der Waals surface area contributed by atoms with Crippen molar-refractivity contribution in [3.8, 4) is 5.75 Å². The lowest BCUT2D eigenvalue weighted by Gasteiger charge is -2.23. The van der Waals surface area contributed by atoms with Crippen LogP contribution in [0.3, 0.4) is 0 Å². The summed E-state index contributed by atoms with van der Waals surface area (Å²) in [5, 5.41) is 9.07. The van der Waals surface area contributed by atoms with Crippen LogP contribution in [-0.4, -0.2) is 30.8 Å². The SMILES string of the molecule is CCC(CN(C)c1ccc(OC(C)C)cc1)C(=O)O. The molecule has 0 amide bonds. The fraction of sp³-hybridized carbons (Fsp3) is 0.533. The van der Waals surface area contributed by atoms with Crippen LogP contribution in [0.5, 0.6) is 5.75 Å². The average Bonchev–Trinajstić information content (AvgIpc) is 2.35. The summed E-state index contributed by atoms with van der Waals surface area (Å²) >= 11 is 0. The van der Waals surface area contributed by atoms with Crippen LogP contribution in [-0.2, 0) is 4.79 Å². The van der Waals surface area contributed by atoms with Crippen LogP contribution in [0, 0.1) is 5.92 Å². The minimum absolute atomic E-state index is 0.153. The average molecular weight is 265 g/mol. The van der Waals surface area contributed by atoms with Crippen molar-refractivity contribution in [3.63, 3.8) is 0 Å². The van der Waals surface area contributed by atoms with E-state index in [9.17, 15) is 4.79 Å². The molecule has 0 aromatic heterocycles. The minimum Gasteiger partial charge on any atom is -0.491 e. The van der Waals surface area contributed by atoms with Crippen LogP contribution < -0.4 is 9.64 Å². The maximum atomic E-state index is 11.0. The third-order valence-corrected chi connectivity index (χ3v) is 2.99. The summed E-state index contributed by atoms with van der Waals surface area (Å²) in [6.45, 7) is 6.37. The second kappa shape index (κ2) is 7.02. The first-order chi connectivity index (χ1) is 8.93. The normalized spacial score (nSPS) is 12.3. The third kappa shape index (κ3) is 4.81. The molecule has 4 nitrogen and oxygen atoms in total. The van der Waals surface area contributed by atoms with Gasteiger partial charge in [-0.1, -0.05) is 6.92 Å². The zero-order valence-corrected chi connectivity index (χ0v) is 12.1. The lowest BCUT2D eigenvalue weighted by Crippen LogP contribution is -2.29. The van der Waals surface area contributed by atoms with Gasteiger partial charge in [-0.2, -0.15) is 0 Å². The fourth-order valence-electron chi connectivity index (χ4n) is 1.87. The van der Waals surface area contributed by atoms with Crippen LogP contribution in [0.25, 0.3) is 0 Å². The molecule has 1 aromatic carbocycles. The molecule has 1 aromatic rings. The molecule has 1 atom stereocenters. The van der Waals surface area contributed by atoms with E-state index < -0.39 is 5.97 Å². The quantitative estimate of drug-likeness (QED) is 0.823. The van der Waals surface area contributed by atoms with E-state index in [-0.39, 0.29) is 12.0 Å². The first-order valence-corrected chi connectivity index (χ1v) is 6.64. The smallest absolute Gasteiger partial charge is 0.308 e. The van der Waals surface area contributed by atoms with E-state index in [1.807, 2.05) is 57.0 Å². The number of anilines is 1. The van der Waals surface area contributed by atoms with Crippen molar-refractivity contribution in [2.75, 3.05) is 18.5 Å². The summed E-state index contributed by atoms with van der Waals surface area (Å²) in [4.78, 5) is 13.0. The molecule has 19 heavy (non-hydrogen) atoms. The molecule has 0 bridgehead atoms. The molecular formula is C15H23NO3. The van der Waals surface area contributed by atoms with E-state index in [1.54, 1.807) is 0 Å². The Balaban J connectivity index is 2.67. The summed E-state index contributed by atoms with van der Waals surface area (Å²) < 4.78 is 5.58. The van der Waals surface area contributed by atoms with E-state index in [1.165, 1.54) is 0 Å². The number of carboxylic acids is 1. The molecular weight excluding hydrogens is 242 g/mol. The van der Waals surface area contributed by atoms with Crippen molar-refractivity contribution in [1.82, 2.24) is 0 Å². The standard InChI is InChI=1S/C15H23NO3/c1-5-12(15(17)18)10-16(4)13-6-8-14(9-7-13)19-11(2)3/h6-9,11-12H,5,10H2,1-4H3,(H,17,18). The van der Waals surface area contributed by atoms with Crippen molar-refractivity contribution in [2.24, 2.45) is 5.92 Å².